The molecule has 1 heterocycles. The molecule has 1 aliphatic heterocycles. The number of ether oxygens (including phenoxy) is 1. The second-order valence-corrected chi connectivity index (χ2v) is 6.01. The number of hydrogen-bond donors (Lipinski definition) is 0. The Labute approximate surface area is 104 Å². The summed E-state index contributed by atoms with van der Waals surface area (Å²) in [5.74, 6) is 0. The van der Waals surface area contributed by atoms with E-state index in [0.717, 1.165) is 21.9 Å². The van der Waals surface area contributed by atoms with Crippen LogP contribution in [0.15, 0.2) is 16.6 Å². The van der Waals surface area contributed by atoms with Crippen LogP contribution >= 0.6 is 15.9 Å². The Balaban J connectivity index is 2.72. The van der Waals surface area contributed by atoms with E-state index in [1.165, 1.54) is 0 Å². The van der Waals surface area contributed by atoms with Gasteiger partial charge >= 0.3 is 0 Å². The fourth-order valence-corrected chi connectivity index (χ4v) is 2.86. The van der Waals surface area contributed by atoms with Gasteiger partial charge in [0.1, 0.15) is 0 Å². The van der Waals surface area contributed by atoms with Gasteiger partial charge in [-0.2, -0.15) is 0 Å². The number of carbonyl (C=O) groups excluding carboxylic acids is 1. The summed E-state index contributed by atoms with van der Waals surface area (Å²) in [5, 5.41) is 0. The summed E-state index contributed by atoms with van der Waals surface area (Å²) < 4.78 is 6.85. The first-order valence-corrected chi connectivity index (χ1v) is 6.07. The first-order chi connectivity index (χ1) is 7.28. The number of carbonyl (C=O) groups is 1. The summed E-state index contributed by atoms with van der Waals surface area (Å²) in [5.41, 5.74) is 2.28. The molecule has 0 amide bonds. The van der Waals surface area contributed by atoms with Crippen molar-refractivity contribution in [2.24, 2.45) is 0 Å². The van der Waals surface area contributed by atoms with Crippen molar-refractivity contribution < 1.29 is 9.53 Å². The first-order valence-electron chi connectivity index (χ1n) is 5.28. The maximum Gasteiger partial charge on any atom is 0.151 e. The third kappa shape index (κ3) is 1.62. The van der Waals surface area contributed by atoms with Crippen LogP contribution in [-0.2, 0) is 15.9 Å². The molecular formula is C13H15BrO2. The molecule has 0 fully saturated rings. The van der Waals surface area contributed by atoms with Gasteiger partial charge in [0, 0.05) is 10.0 Å². The van der Waals surface area contributed by atoms with E-state index in [4.69, 9.17) is 4.74 Å². The standard InChI is InChI=1S/C13H15BrO2/c1-12(2)9-5-8(7-15)11(14)6-10(9)13(3,4)16-12/h5-7H,1-4H3. The van der Waals surface area contributed by atoms with E-state index in [1.54, 1.807) is 0 Å². The van der Waals surface area contributed by atoms with Gasteiger partial charge in [0.25, 0.3) is 0 Å². The molecule has 1 aromatic rings. The van der Waals surface area contributed by atoms with E-state index >= 15 is 0 Å². The molecule has 16 heavy (non-hydrogen) atoms. The topological polar surface area (TPSA) is 26.3 Å². The number of hydrogen-bond acceptors (Lipinski definition) is 2. The van der Waals surface area contributed by atoms with Gasteiger partial charge in [-0.3, -0.25) is 4.79 Å². The molecule has 0 aromatic heterocycles. The van der Waals surface area contributed by atoms with Crippen molar-refractivity contribution in [2.45, 2.75) is 38.9 Å². The molecular weight excluding hydrogens is 268 g/mol. The van der Waals surface area contributed by atoms with Crippen molar-refractivity contribution in [3.63, 3.8) is 0 Å². The number of halogens is 1. The predicted octanol–water partition coefficient (Wildman–Crippen LogP) is 3.76. The highest BCUT2D eigenvalue weighted by Crippen LogP contribution is 2.47. The average molecular weight is 283 g/mol. The lowest BCUT2D eigenvalue weighted by Gasteiger charge is -2.24. The van der Waals surface area contributed by atoms with Gasteiger partial charge in [-0.05, 0) is 51.0 Å². The van der Waals surface area contributed by atoms with Crippen molar-refractivity contribution in [3.05, 3.63) is 33.3 Å². The zero-order valence-corrected chi connectivity index (χ0v) is 11.5. The van der Waals surface area contributed by atoms with Crippen LogP contribution < -0.4 is 0 Å². The lowest BCUT2D eigenvalue weighted by atomic mass is 9.89. The van der Waals surface area contributed by atoms with E-state index in [9.17, 15) is 4.79 Å². The van der Waals surface area contributed by atoms with Crippen molar-refractivity contribution in [3.8, 4) is 0 Å². The molecule has 0 saturated carbocycles. The van der Waals surface area contributed by atoms with E-state index in [-0.39, 0.29) is 11.2 Å². The van der Waals surface area contributed by atoms with E-state index in [2.05, 4.69) is 15.9 Å². The maximum atomic E-state index is 10.9. The molecule has 2 rings (SSSR count). The van der Waals surface area contributed by atoms with Crippen molar-refractivity contribution in [1.29, 1.82) is 0 Å². The highest BCUT2D eigenvalue weighted by Gasteiger charge is 2.43. The summed E-state index contributed by atoms with van der Waals surface area (Å²) in [6, 6.07) is 3.91. The molecule has 86 valence electrons. The quantitative estimate of drug-likeness (QED) is 0.733. The van der Waals surface area contributed by atoms with Crippen LogP contribution in [0.4, 0.5) is 0 Å². The van der Waals surface area contributed by atoms with Crippen molar-refractivity contribution in [2.75, 3.05) is 0 Å². The van der Waals surface area contributed by atoms with Crippen LogP contribution in [-0.4, -0.2) is 6.29 Å². The van der Waals surface area contributed by atoms with Crippen LogP contribution in [0.1, 0.15) is 49.2 Å². The lowest BCUT2D eigenvalue weighted by Crippen LogP contribution is -2.22. The highest BCUT2D eigenvalue weighted by atomic mass is 79.9. The first kappa shape index (κ1) is 11.8. The molecule has 0 unspecified atom stereocenters. The van der Waals surface area contributed by atoms with Crippen molar-refractivity contribution in [1.82, 2.24) is 0 Å². The molecule has 0 atom stereocenters. The minimum atomic E-state index is -0.336. The Kier molecular flexibility index (Phi) is 2.52. The van der Waals surface area contributed by atoms with Gasteiger partial charge < -0.3 is 4.74 Å². The normalized spacial score (nSPS) is 20.6. The van der Waals surface area contributed by atoms with Crippen LogP contribution in [0.2, 0.25) is 0 Å². The summed E-state index contributed by atoms with van der Waals surface area (Å²) in [6.45, 7) is 8.16. The fraction of sp³-hybridized carbons (Fsp3) is 0.462. The monoisotopic (exact) mass is 282 g/mol. The molecule has 3 heteroatoms. The number of benzene rings is 1. The van der Waals surface area contributed by atoms with Gasteiger partial charge in [0.2, 0.25) is 0 Å². The van der Waals surface area contributed by atoms with Gasteiger partial charge in [0.05, 0.1) is 11.2 Å². The third-order valence-corrected chi connectivity index (χ3v) is 3.76. The number of aldehydes is 1. The average Bonchev–Trinajstić information content (AvgIpc) is 2.31. The van der Waals surface area contributed by atoms with Gasteiger partial charge in [-0.25, -0.2) is 0 Å². The third-order valence-electron chi connectivity index (χ3n) is 3.07. The molecule has 0 spiro atoms. The maximum absolute atomic E-state index is 10.9. The zero-order valence-electron chi connectivity index (χ0n) is 9.93. The molecule has 0 radical (unpaired) electrons. The molecule has 0 bridgehead atoms. The molecule has 1 aromatic carbocycles. The minimum Gasteiger partial charge on any atom is -0.360 e. The Morgan fingerprint density at radius 2 is 1.62 bits per heavy atom. The van der Waals surface area contributed by atoms with E-state index in [0.29, 0.717) is 5.56 Å². The molecule has 2 nitrogen and oxygen atoms in total. The van der Waals surface area contributed by atoms with E-state index in [1.807, 2.05) is 39.8 Å². The molecule has 0 N–H and O–H groups in total. The SMILES string of the molecule is CC1(C)OC(C)(C)c2cc(C=O)c(Br)cc21. The van der Waals surface area contributed by atoms with Gasteiger partial charge in [-0.1, -0.05) is 15.9 Å². The lowest BCUT2D eigenvalue weighted by molar-refractivity contribution is -0.105. The summed E-state index contributed by atoms with van der Waals surface area (Å²) in [4.78, 5) is 10.9. The summed E-state index contributed by atoms with van der Waals surface area (Å²) >= 11 is 3.41. The second kappa shape index (κ2) is 3.41. The summed E-state index contributed by atoms with van der Waals surface area (Å²) in [7, 11) is 0. The largest absolute Gasteiger partial charge is 0.360 e. The van der Waals surface area contributed by atoms with Gasteiger partial charge in [-0.15, -0.1) is 0 Å². The number of rotatable bonds is 1. The number of fused-ring (bicyclic) bond motifs is 1. The van der Waals surface area contributed by atoms with Crippen LogP contribution in [0.5, 0.6) is 0 Å². The van der Waals surface area contributed by atoms with Crippen LogP contribution in [0.25, 0.3) is 0 Å². The van der Waals surface area contributed by atoms with E-state index < -0.39 is 0 Å². The van der Waals surface area contributed by atoms with Crippen LogP contribution in [0, 0.1) is 0 Å². The highest BCUT2D eigenvalue weighted by molar-refractivity contribution is 9.10. The Bertz CT molecular complexity index is 461. The van der Waals surface area contributed by atoms with Crippen LogP contribution in [0.3, 0.4) is 0 Å². The summed E-state index contributed by atoms with van der Waals surface area (Å²) in [6.07, 6.45) is 0.867. The van der Waals surface area contributed by atoms with Gasteiger partial charge in [0.15, 0.2) is 6.29 Å². The zero-order chi connectivity index (χ0) is 12.1. The second-order valence-electron chi connectivity index (χ2n) is 5.16. The minimum absolute atomic E-state index is 0.303. The Morgan fingerprint density at radius 3 is 2.12 bits per heavy atom. The van der Waals surface area contributed by atoms with Crippen molar-refractivity contribution >= 4 is 22.2 Å². The Morgan fingerprint density at radius 1 is 1.12 bits per heavy atom. The molecule has 1 aliphatic rings. The Hall–Kier alpha value is -0.670. The fourth-order valence-electron chi connectivity index (χ4n) is 2.42. The molecule has 0 saturated heterocycles. The predicted molar refractivity (Wildman–Crippen MR) is 66.7 cm³/mol. The smallest absolute Gasteiger partial charge is 0.151 e. The molecule has 0 aliphatic carbocycles.